The molecule has 0 fully saturated rings. The van der Waals surface area contributed by atoms with Crippen LogP contribution in [0.15, 0.2) is 48.5 Å². The van der Waals surface area contributed by atoms with Crippen molar-refractivity contribution in [2.45, 2.75) is 26.1 Å². The SMILES string of the molecule is CC1(C)Oc2ccc(NC(=O)NCCc3ccccc3)cc2O1. The van der Waals surface area contributed by atoms with E-state index in [1.54, 1.807) is 18.2 Å². The molecule has 0 radical (unpaired) electrons. The molecule has 23 heavy (non-hydrogen) atoms. The molecule has 0 aromatic heterocycles. The Kier molecular flexibility index (Phi) is 4.10. The van der Waals surface area contributed by atoms with E-state index in [1.807, 2.05) is 44.2 Å². The molecule has 1 aliphatic heterocycles. The van der Waals surface area contributed by atoms with Gasteiger partial charge in [0.1, 0.15) is 0 Å². The zero-order valence-corrected chi connectivity index (χ0v) is 13.3. The van der Waals surface area contributed by atoms with Crippen LogP contribution in [0.25, 0.3) is 0 Å². The second-order valence-electron chi connectivity index (χ2n) is 5.88. The molecule has 0 saturated heterocycles. The molecule has 1 heterocycles. The number of carbonyl (C=O) groups is 1. The summed E-state index contributed by atoms with van der Waals surface area (Å²) >= 11 is 0. The summed E-state index contributed by atoms with van der Waals surface area (Å²) in [4.78, 5) is 11.9. The van der Waals surface area contributed by atoms with Crippen LogP contribution >= 0.6 is 0 Å². The molecular formula is C18H20N2O3. The first kappa shape index (κ1) is 15.2. The van der Waals surface area contributed by atoms with Crippen molar-refractivity contribution in [2.75, 3.05) is 11.9 Å². The molecule has 120 valence electrons. The summed E-state index contributed by atoms with van der Waals surface area (Å²) < 4.78 is 11.3. The summed E-state index contributed by atoms with van der Waals surface area (Å²) in [5, 5.41) is 5.64. The quantitative estimate of drug-likeness (QED) is 0.907. The van der Waals surface area contributed by atoms with Gasteiger partial charge in [0.15, 0.2) is 11.5 Å². The highest BCUT2D eigenvalue weighted by Crippen LogP contribution is 2.40. The van der Waals surface area contributed by atoms with Gasteiger partial charge >= 0.3 is 6.03 Å². The summed E-state index contributed by atoms with van der Waals surface area (Å²) in [6.07, 6.45) is 0.795. The molecule has 2 N–H and O–H groups in total. The van der Waals surface area contributed by atoms with Crippen LogP contribution in [-0.2, 0) is 6.42 Å². The van der Waals surface area contributed by atoms with Crippen molar-refractivity contribution in [1.82, 2.24) is 5.32 Å². The van der Waals surface area contributed by atoms with Gasteiger partial charge in [0.25, 0.3) is 0 Å². The standard InChI is InChI=1S/C18H20N2O3/c1-18(2)22-15-9-8-14(12-16(15)23-18)20-17(21)19-11-10-13-6-4-3-5-7-13/h3-9,12H,10-11H2,1-2H3,(H2,19,20,21). The van der Waals surface area contributed by atoms with Gasteiger partial charge in [-0.1, -0.05) is 30.3 Å². The van der Waals surface area contributed by atoms with E-state index in [2.05, 4.69) is 10.6 Å². The van der Waals surface area contributed by atoms with Crippen molar-refractivity contribution in [3.63, 3.8) is 0 Å². The van der Waals surface area contributed by atoms with Crippen LogP contribution in [0.2, 0.25) is 0 Å². The average molecular weight is 312 g/mol. The normalized spacial score (nSPS) is 14.3. The van der Waals surface area contributed by atoms with Crippen LogP contribution in [0, 0.1) is 0 Å². The van der Waals surface area contributed by atoms with E-state index in [0.29, 0.717) is 23.7 Å². The Hall–Kier alpha value is -2.69. The van der Waals surface area contributed by atoms with Gasteiger partial charge in [-0.15, -0.1) is 0 Å². The molecule has 2 amide bonds. The van der Waals surface area contributed by atoms with E-state index < -0.39 is 5.79 Å². The Morgan fingerprint density at radius 1 is 1.04 bits per heavy atom. The second-order valence-corrected chi connectivity index (χ2v) is 5.88. The minimum absolute atomic E-state index is 0.237. The van der Waals surface area contributed by atoms with Crippen LogP contribution in [0.4, 0.5) is 10.5 Å². The molecule has 3 rings (SSSR count). The topological polar surface area (TPSA) is 59.6 Å². The fraction of sp³-hybridized carbons (Fsp3) is 0.278. The Morgan fingerprint density at radius 3 is 2.57 bits per heavy atom. The second kappa shape index (κ2) is 6.20. The number of hydrogen-bond donors (Lipinski definition) is 2. The zero-order valence-electron chi connectivity index (χ0n) is 13.3. The molecule has 5 nitrogen and oxygen atoms in total. The zero-order chi connectivity index (χ0) is 16.3. The predicted octanol–water partition coefficient (Wildman–Crippen LogP) is 3.56. The highest BCUT2D eigenvalue weighted by Gasteiger charge is 2.31. The first-order chi connectivity index (χ1) is 11.0. The highest BCUT2D eigenvalue weighted by molar-refractivity contribution is 5.89. The van der Waals surface area contributed by atoms with E-state index in [0.717, 1.165) is 6.42 Å². The van der Waals surface area contributed by atoms with E-state index in [9.17, 15) is 4.79 Å². The summed E-state index contributed by atoms with van der Waals surface area (Å²) in [7, 11) is 0. The number of ether oxygens (including phenoxy) is 2. The van der Waals surface area contributed by atoms with E-state index >= 15 is 0 Å². The van der Waals surface area contributed by atoms with Crippen molar-refractivity contribution in [3.8, 4) is 11.5 Å². The van der Waals surface area contributed by atoms with Crippen molar-refractivity contribution in [2.24, 2.45) is 0 Å². The van der Waals surface area contributed by atoms with Crippen LogP contribution in [-0.4, -0.2) is 18.4 Å². The molecule has 0 aliphatic carbocycles. The Morgan fingerprint density at radius 2 is 1.78 bits per heavy atom. The lowest BCUT2D eigenvalue weighted by Crippen LogP contribution is -2.30. The molecule has 2 aromatic rings. The molecule has 0 spiro atoms. The van der Waals surface area contributed by atoms with E-state index in [-0.39, 0.29) is 6.03 Å². The number of urea groups is 1. The molecule has 0 saturated carbocycles. The van der Waals surface area contributed by atoms with E-state index in [1.165, 1.54) is 5.56 Å². The predicted molar refractivity (Wildman–Crippen MR) is 88.9 cm³/mol. The maximum atomic E-state index is 11.9. The van der Waals surface area contributed by atoms with Crippen LogP contribution in [0.1, 0.15) is 19.4 Å². The molecule has 5 heteroatoms. The molecule has 0 unspecified atom stereocenters. The first-order valence-corrected chi connectivity index (χ1v) is 7.63. The van der Waals surface area contributed by atoms with Gasteiger partial charge < -0.3 is 20.1 Å². The number of fused-ring (bicyclic) bond motifs is 1. The maximum absolute atomic E-state index is 11.9. The van der Waals surface area contributed by atoms with Crippen LogP contribution in [0.5, 0.6) is 11.5 Å². The van der Waals surface area contributed by atoms with Gasteiger partial charge in [-0.2, -0.15) is 0 Å². The number of rotatable bonds is 4. The minimum Gasteiger partial charge on any atom is -0.449 e. The smallest absolute Gasteiger partial charge is 0.319 e. The van der Waals surface area contributed by atoms with Crippen molar-refractivity contribution in [1.29, 1.82) is 0 Å². The molecule has 0 atom stereocenters. The van der Waals surface area contributed by atoms with Gasteiger partial charge in [-0.3, -0.25) is 0 Å². The fourth-order valence-corrected chi connectivity index (χ4v) is 2.44. The first-order valence-electron chi connectivity index (χ1n) is 7.63. The number of benzene rings is 2. The van der Waals surface area contributed by atoms with Gasteiger partial charge in [-0.05, 0) is 24.1 Å². The largest absolute Gasteiger partial charge is 0.449 e. The third-order valence-corrected chi connectivity index (χ3v) is 3.46. The summed E-state index contributed by atoms with van der Waals surface area (Å²) in [5.41, 5.74) is 1.86. The number of nitrogens with one attached hydrogen (secondary N) is 2. The number of anilines is 1. The lowest BCUT2D eigenvalue weighted by molar-refractivity contribution is -0.0431. The maximum Gasteiger partial charge on any atom is 0.319 e. The third kappa shape index (κ3) is 3.94. The highest BCUT2D eigenvalue weighted by atomic mass is 16.7. The Bertz CT molecular complexity index is 699. The van der Waals surface area contributed by atoms with Gasteiger partial charge in [-0.25, -0.2) is 4.79 Å². The minimum atomic E-state index is -0.668. The molecule has 1 aliphatic rings. The number of hydrogen-bond acceptors (Lipinski definition) is 3. The summed E-state index contributed by atoms with van der Waals surface area (Å²) in [5.74, 6) is 0.654. The summed E-state index contributed by atoms with van der Waals surface area (Å²) in [6.45, 7) is 4.26. The molecule has 2 aromatic carbocycles. The van der Waals surface area contributed by atoms with E-state index in [4.69, 9.17) is 9.47 Å². The van der Waals surface area contributed by atoms with Crippen LogP contribution < -0.4 is 20.1 Å². The fourth-order valence-electron chi connectivity index (χ4n) is 2.44. The molecule has 0 bridgehead atoms. The Balaban J connectivity index is 1.51. The van der Waals surface area contributed by atoms with Crippen molar-refractivity contribution in [3.05, 3.63) is 54.1 Å². The molecular weight excluding hydrogens is 292 g/mol. The lowest BCUT2D eigenvalue weighted by atomic mass is 10.1. The van der Waals surface area contributed by atoms with Gasteiger partial charge in [0, 0.05) is 32.1 Å². The number of carbonyl (C=O) groups excluding carboxylic acids is 1. The monoisotopic (exact) mass is 312 g/mol. The van der Waals surface area contributed by atoms with Gasteiger partial charge in [0.05, 0.1) is 0 Å². The Labute approximate surface area is 135 Å². The average Bonchev–Trinajstić information content (AvgIpc) is 2.81. The lowest BCUT2D eigenvalue weighted by Gasteiger charge is -2.16. The third-order valence-electron chi connectivity index (χ3n) is 3.46. The van der Waals surface area contributed by atoms with Crippen molar-refractivity contribution < 1.29 is 14.3 Å². The van der Waals surface area contributed by atoms with Crippen LogP contribution in [0.3, 0.4) is 0 Å². The van der Waals surface area contributed by atoms with Gasteiger partial charge in [0.2, 0.25) is 5.79 Å². The summed E-state index contributed by atoms with van der Waals surface area (Å²) in [6, 6.07) is 15.2. The number of amides is 2. The van der Waals surface area contributed by atoms with Crippen molar-refractivity contribution >= 4 is 11.7 Å².